The second kappa shape index (κ2) is 4.04. The molecule has 0 amide bonds. The Morgan fingerprint density at radius 2 is 2.33 bits per heavy atom. The summed E-state index contributed by atoms with van der Waals surface area (Å²) in [5, 5.41) is 9.88. The molecule has 0 saturated carbocycles. The van der Waals surface area contributed by atoms with Crippen molar-refractivity contribution in [3.05, 3.63) is 28.8 Å². The Hall–Kier alpha value is -0.710. The van der Waals surface area contributed by atoms with Gasteiger partial charge < -0.3 is 9.84 Å². The number of halogens is 1. The lowest BCUT2D eigenvalue weighted by molar-refractivity contribution is -0.141. The van der Waals surface area contributed by atoms with E-state index in [1.54, 1.807) is 18.2 Å². The molecule has 0 aromatic heterocycles. The average molecular weight is 245 g/mol. The molecule has 0 radical (unpaired) electrons. The number of aliphatic hydroxyl groups is 1. The summed E-state index contributed by atoms with van der Waals surface area (Å²) in [5.74, 6) is -0.417. The molecule has 2 atom stereocenters. The number of methoxy groups -OCH3 is 1. The van der Waals surface area contributed by atoms with Gasteiger partial charge in [0, 0.05) is 9.92 Å². The lowest BCUT2D eigenvalue weighted by atomic mass is 10.1. The van der Waals surface area contributed by atoms with Gasteiger partial charge in [-0.25, -0.2) is 0 Å². The molecule has 1 heterocycles. The number of carbonyl (C=O) groups excluding carboxylic acids is 1. The monoisotopic (exact) mass is 244 g/mol. The first-order valence-electron chi connectivity index (χ1n) is 4.35. The van der Waals surface area contributed by atoms with E-state index in [0.717, 1.165) is 10.5 Å². The topological polar surface area (TPSA) is 46.5 Å². The molecule has 5 heteroatoms. The van der Waals surface area contributed by atoms with Crippen LogP contribution in [0.1, 0.15) is 11.7 Å². The van der Waals surface area contributed by atoms with E-state index < -0.39 is 17.3 Å². The van der Waals surface area contributed by atoms with Gasteiger partial charge in [-0.05, 0) is 17.7 Å². The Balaban J connectivity index is 2.32. The molecule has 0 bridgehead atoms. The van der Waals surface area contributed by atoms with Crippen LogP contribution in [0.3, 0.4) is 0 Å². The standard InChI is InChI=1S/C10H9ClO3S/c1-14-10(13)9-8(12)6-3-2-5(11)4-7(6)15-9/h2-4,8-9,12H,1H3. The number of hydrogen-bond donors (Lipinski definition) is 1. The number of ether oxygens (including phenoxy) is 1. The Labute approximate surface area is 96.4 Å². The number of carbonyl (C=O) groups is 1. The molecule has 0 aliphatic carbocycles. The zero-order valence-corrected chi connectivity index (χ0v) is 9.51. The van der Waals surface area contributed by atoms with Crippen molar-refractivity contribution in [2.75, 3.05) is 7.11 Å². The fourth-order valence-corrected chi connectivity index (χ4v) is 3.01. The summed E-state index contributed by atoms with van der Waals surface area (Å²) in [6.45, 7) is 0. The van der Waals surface area contributed by atoms with Crippen molar-refractivity contribution in [2.24, 2.45) is 0 Å². The molecule has 2 unspecified atom stereocenters. The minimum absolute atomic E-state index is 0.417. The van der Waals surface area contributed by atoms with Gasteiger partial charge in [-0.3, -0.25) is 4.79 Å². The molecule has 0 fully saturated rings. The van der Waals surface area contributed by atoms with Gasteiger partial charge in [0.05, 0.1) is 7.11 Å². The van der Waals surface area contributed by atoms with Gasteiger partial charge in [0.25, 0.3) is 0 Å². The van der Waals surface area contributed by atoms with Gasteiger partial charge in [-0.15, -0.1) is 11.8 Å². The van der Waals surface area contributed by atoms with Crippen molar-refractivity contribution in [1.29, 1.82) is 0 Å². The van der Waals surface area contributed by atoms with Gasteiger partial charge in [-0.1, -0.05) is 17.7 Å². The van der Waals surface area contributed by atoms with Gasteiger partial charge in [0.15, 0.2) is 0 Å². The number of thioether (sulfide) groups is 1. The quantitative estimate of drug-likeness (QED) is 0.768. The summed E-state index contributed by atoms with van der Waals surface area (Å²) in [6.07, 6.45) is -0.810. The fourth-order valence-electron chi connectivity index (χ4n) is 1.51. The second-order valence-corrected chi connectivity index (χ2v) is 4.81. The minimum atomic E-state index is -0.810. The van der Waals surface area contributed by atoms with Crippen molar-refractivity contribution in [2.45, 2.75) is 16.2 Å². The highest BCUT2D eigenvalue weighted by Crippen LogP contribution is 2.45. The number of hydrogen-bond acceptors (Lipinski definition) is 4. The van der Waals surface area contributed by atoms with Gasteiger partial charge in [-0.2, -0.15) is 0 Å². The zero-order valence-electron chi connectivity index (χ0n) is 7.94. The third-order valence-corrected chi connectivity index (χ3v) is 3.82. The molecule has 1 N–H and O–H groups in total. The van der Waals surface area contributed by atoms with E-state index in [1.807, 2.05) is 0 Å². The average Bonchev–Trinajstić information content (AvgIpc) is 2.54. The number of rotatable bonds is 1. The van der Waals surface area contributed by atoms with Crippen LogP contribution < -0.4 is 0 Å². The van der Waals surface area contributed by atoms with Crippen LogP contribution in [0, 0.1) is 0 Å². The van der Waals surface area contributed by atoms with E-state index in [-0.39, 0.29) is 0 Å². The maximum absolute atomic E-state index is 11.3. The molecule has 0 saturated heterocycles. The predicted molar refractivity (Wildman–Crippen MR) is 58.1 cm³/mol. The number of aliphatic hydroxyl groups excluding tert-OH is 1. The summed E-state index contributed by atoms with van der Waals surface area (Å²) >= 11 is 7.10. The van der Waals surface area contributed by atoms with E-state index in [4.69, 9.17) is 11.6 Å². The van der Waals surface area contributed by atoms with Crippen molar-refractivity contribution >= 4 is 29.3 Å². The van der Waals surface area contributed by atoms with E-state index in [0.29, 0.717) is 5.02 Å². The van der Waals surface area contributed by atoms with Gasteiger partial charge >= 0.3 is 5.97 Å². The molecule has 1 aromatic rings. The molecule has 3 nitrogen and oxygen atoms in total. The molecule has 0 spiro atoms. The summed E-state index contributed by atoms with van der Waals surface area (Å²) in [4.78, 5) is 12.2. The van der Waals surface area contributed by atoms with Crippen molar-refractivity contribution in [3.8, 4) is 0 Å². The lowest BCUT2D eigenvalue weighted by Gasteiger charge is -2.10. The van der Waals surface area contributed by atoms with Crippen molar-refractivity contribution in [3.63, 3.8) is 0 Å². The molecular weight excluding hydrogens is 236 g/mol. The molecule has 1 aromatic carbocycles. The SMILES string of the molecule is COC(=O)C1Sc2cc(Cl)ccc2C1O. The fraction of sp³-hybridized carbons (Fsp3) is 0.300. The zero-order chi connectivity index (χ0) is 11.0. The minimum Gasteiger partial charge on any atom is -0.468 e. The summed E-state index contributed by atoms with van der Waals surface area (Å²) in [7, 11) is 1.31. The van der Waals surface area contributed by atoms with Crippen LogP contribution in [0.15, 0.2) is 23.1 Å². The Kier molecular flexibility index (Phi) is 2.91. The highest BCUT2D eigenvalue weighted by atomic mass is 35.5. The summed E-state index contributed by atoms with van der Waals surface area (Å²) < 4.78 is 4.61. The molecule has 2 rings (SSSR count). The van der Waals surface area contributed by atoms with Crippen LogP contribution in [0.25, 0.3) is 0 Å². The first-order chi connectivity index (χ1) is 7.13. The Bertz CT molecular complexity index is 408. The molecule has 1 aliphatic heterocycles. The molecule has 15 heavy (non-hydrogen) atoms. The van der Waals surface area contributed by atoms with Crippen LogP contribution in [0.2, 0.25) is 5.02 Å². The van der Waals surface area contributed by atoms with Crippen LogP contribution >= 0.6 is 23.4 Å². The highest BCUT2D eigenvalue weighted by molar-refractivity contribution is 8.01. The van der Waals surface area contributed by atoms with E-state index in [1.165, 1.54) is 18.9 Å². The van der Waals surface area contributed by atoms with E-state index >= 15 is 0 Å². The normalized spacial score (nSPS) is 23.7. The molecule has 1 aliphatic rings. The number of fused-ring (bicyclic) bond motifs is 1. The predicted octanol–water partition coefficient (Wildman–Crippen LogP) is 2.02. The van der Waals surface area contributed by atoms with Crippen LogP contribution in [0.5, 0.6) is 0 Å². The highest BCUT2D eigenvalue weighted by Gasteiger charge is 2.37. The van der Waals surface area contributed by atoms with Crippen molar-refractivity contribution in [1.82, 2.24) is 0 Å². The third-order valence-electron chi connectivity index (χ3n) is 2.27. The number of esters is 1. The molecule has 80 valence electrons. The Morgan fingerprint density at radius 3 is 3.00 bits per heavy atom. The van der Waals surface area contributed by atoms with Crippen molar-refractivity contribution < 1.29 is 14.6 Å². The van der Waals surface area contributed by atoms with Crippen LogP contribution in [-0.2, 0) is 9.53 Å². The van der Waals surface area contributed by atoms with Gasteiger partial charge in [0.2, 0.25) is 0 Å². The first kappa shape index (κ1) is 10.8. The van der Waals surface area contributed by atoms with Crippen LogP contribution in [0.4, 0.5) is 0 Å². The Morgan fingerprint density at radius 1 is 1.60 bits per heavy atom. The largest absolute Gasteiger partial charge is 0.468 e. The van der Waals surface area contributed by atoms with Gasteiger partial charge in [0.1, 0.15) is 11.4 Å². The van der Waals surface area contributed by atoms with E-state index in [9.17, 15) is 9.90 Å². The number of benzene rings is 1. The smallest absolute Gasteiger partial charge is 0.322 e. The van der Waals surface area contributed by atoms with Crippen LogP contribution in [-0.4, -0.2) is 23.4 Å². The lowest BCUT2D eigenvalue weighted by Crippen LogP contribution is -2.22. The summed E-state index contributed by atoms with van der Waals surface area (Å²) in [6, 6.07) is 5.18. The summed E-state index contributed by atoms with van der Waals surface area (Å²) in [5.41, 5.74) is 0.736. The second-order valence-electron chi connectivity index (χ2n) is 3.19. The molecular formula is C10H9ClO3S. The maximum atomic E-state index is 11.3. The van der Waals surface area contributed by atoms with E-state index in [2.05, 4.69) is 4.74 Å². The maximum Gasteiger partial charge on any atom is 0.322 e. The first-order valence-corrected chi connectivity index (χ1v) is 5.61. The third kappa shape index (κ3) is 1.85.